The van der Waals surface area contributed by atoms with Gasteiger partial charge in [0.2, 0.25) is 5.91 Å². The second-order valence-corrected chi connectivity index (χ2v) is 7.55. The molecule has 1 amide bonds. The molecule has 29 heavy (non-hydrogen) atoms. The Hall–Kier alpha value is -2.92. The van der Waals surface area contributed by atoms with E-state index in [2.05, 4.69) is 10.3 Å². The predicted molar refractivity (Wildman–Crippen MR) is 113 cm³/mol. The van der Waals surface area contributed by atoms with Gasteiger partial charge in [0.1, 0.15) is 17.8 Å². The van der Waals surface area contributed by atoms with Gasteiger partial charge < -0.3 is 10.1 Å². The summed E-state index contributed by atoms with van der Waals surface area (Å²) < 4.78 is 5.45. The SMILES string of the molecule is CC(C)[C@H](NC(=O)Cc1ccccc1)C(=O)OCc1cc2ccccc2nc1Cl. The van der Waals surface area contributed by atoms with E-state index in [9.17, 15) is 9.59 Å². The third kappa shape index (κ3) is 5.55. The van der Waals surface area contributed by atoms with E-state index in [1.165, 1.54) is 0 Å². The van der Waals surface area contributed by atoms with E-state index in [0.717, 1.165) is 16.5 Å². The van der Waals surface area contributed by atoms with E-state index < -0.39 is 12.0 Å². The van der Waals surface area contributed by atoms with Gasteiger partial charge in [0.25, 0.3) is 0 Å². The number of amides is 1. The summed E-state index contributed by atoms with van der Waals surface area (Å²) >= 11 is 6.23. The first kappa shape index (κ1) is 20.8. The number of ether oxygens (including phenoxy) is 1. The van der Waals surface area contributed by atoms with Crippen LogP contribution in [0, 0.1) is 5.92 Å². The number of carbonyl (C=O) groups excluding carboxylic acids is 2. The van der Waals surface area contributed by atoms with Gasteiger partial charge in [0.05, 0.1) is 11.9 Å². The van der Waals surface area contributed by atoms with Crippen molar-refractivity contribution in [1.29, 1.82) is 0 Å². The van der Waals surface area contributed by atoms with E-state index in [4.69, 9.17) is 16.3 Å². The molecule has 3 aromatic rings. The van der Waals surface area contributed by atoms with Crippen LogP contribution in [0.2, 0.25) is 5.15 Å². The lowest BCUT2D eigenvalue weighted by molar-refractivity contribution is -0.150. The minimum Gasteiger partial charge on any atom is -0.459 e. The zero-order valence-electron chi connectivity index (χ0n) is 16.4. The molecular formula is C23H23ClN2O3. The zero-order valence-corrected chi connectivity index (χ0v) is 17.1. The molecule has 1 atom stereocenters. The van der Waals surface area contributed by atoms with Crippen molar-refractivity contribution in [1.82, 2.24) is 10.3 Å². The fourth-order valence-electron chi connectivity index (χ4n) is 2.98. The number of hydrogen-bond acceptors (Lipinski definition) is 4. The van der Waals surface area contributed by atoms with Gasteiger partial charge in [-0.05, 0) is 23.6 Å². The van der Waals surface area contributed by atoms with Gasteiger partial charge in [-0.15, -0.1) is 0 Å². The van der Waals surface area contributed by atoms with Crippen LogP contribution in [0.15, 0.2) is 60.7 Å². The van der Waals surface area contributed by atoms with Crippen molar-refractivity contribution in [3.05, 3.63) is 76.9 Å². The first-order chi connectivity index (χ1) is 13.9. The van der Waals surface area contributed by atoms with Crippen LogP contribution >= 0.6 is 11.6 Å². The number of esters is 1. The van der Waals surface area contributed by atoms with Gasteiger partial charge in [-0.1, -0.05) is 74.0 Å². The molecule has 0 saturated heterocycles. The molecule has 0 bridgehead atoms. The lowest BCUT2D eigenvalue weighted by Gasteiger charge is -2.21. The highest BCUT2D eigenvalue weighted by atomic mass is 35.5. The van der Waals surface area contributed by atoms with Crippen molar-refractivity contribution in [2.45, 2.75) is 32.9 Å². The molecule has 150 valence electrons. The summed E-state index contributed by atoms with van der Waals surface area (Å²) in [6.07, 6.45) is 0.206. The van der Waals surface area contributed by atoms with Crippen molar-refractivity contribution < 1.29 is 14.3 Å². The van der Waals surface area contributed by atoms with E-state index in [-0.39, 0.29) is 24.9 Å². The van der Waals surface area contributed by atoms with Crippen molar-refractivity contribution in [3.63, 3.8) is 0 Å². The maximum atomic E-state index is 12.6. The topological polar surface area (TPSA) is 68.3 Å². The van der Waals surface area contributed by atoms with Crippen molar-refractivity contribution >= 4 is 34.4 Å². The standard InChI is InChI=1S/C23H23ClN2O3/c1-15(2)21(26-20(27)12-16-8-4-3-5-9-16)23(28)29-14-18-13-17-10-6-7-11-19(17)25-22(18)24/h3-11,13,15,21H,12,14H2,1-2H3,(H,26,27)/t21-/m0/s1. The number of hydrogen-bond donors (Lipinski definition) is 1. The number of nitrogens with one attached hydrogen (secondary N) is 1. The molecule has 1 aromatic heterocycles. The largest absolute Gasteiger partial charge is 0.459 e. The van der Waals surface area contributed by atoms with E-state index in [0.29, 0.717) is 10.7 Å². The summed E-state index contributed by atoms with van der Waals surface area (Å²) in [4.78, 5) is 29.3. The van der Waals surface area contributed by atoms with E-state index in [1.54, 1.807) is 0 Å². The van der Waals surface area contributed by atoms with Crippen LogP contribution in [-0.2, 0) is 27.4 Å². The molecule has 0 aliphatic rings. The van der Waals surface area contributed by atoms with Crippen LogP contribution in [0.3, 0.4) is 0 Å². The van der Waals surface area contributed by atoms with Crippen molar-refractivity contribution in [3.8, 4) is 0 Å². The van der Waals surface area contributed by atoms with Crippen molar-refractivity contribution in [2.24, 2.45) is 5.92 Å². The molecule has 2 aromatic carbocycles. The van der Waals surface area contributed by atoms with Gasteiger partial charge in [0.15, 0.2) is 0 Å². The number of aromatic nitrogens is 1. The highest BCUT2D eigenvalue weighted by molar-refractivity contribution is 6.30. The second kappa shape index (κ2) is 9.52. The Morgan fingerprint density at radius 2 is 1.76 bits per heavy atom. The highest BCUT2D eigenvalue weighted by Gasteiger charge is 2.26. The maximum absolute atomic E-state index is 12.6. The molecule has 6 heteroatoms. The molecule has 0 fully saturated rings. The van der Waals surface area contributed by atoms with Gasteiger partial charge in [-0.3, -0.25) is 4.79 Å². The van der Waals surface area contributed by atoms with Crippen LogP contribution in [-0.4, -0.2) is 22.9 Å². The van der Waals surface area contributed by atoms with Gasteiger partial charge >= 0.3 is 5.97 Å². The summed E-state index contributed by atoms with van der Waals surface area (Å²) in [5.41, 5.74) is 2.28. The Bertz CT molecular complexity index is 1010. The summed E-state index contributed by atoms with van der Waals surface area (Å²) in [5, 5.41) is 4.00. The summed E-state index contributed by atoms with van der Waals surface area (Å²) in [6, 6.07) is 18.1. The Balaban J connectivity index is 1.64. The number of halogens is 1. The number of carbonyl (C=O) groups is 2. The van der Waals surface area contributed by atoms with Gasteiger partial charge in [0, 0.05) is 10.9 Å². The van der Waals surface area contributed by atoms with Crippen LogP contribution in [0.25, 0.3) is 10.9 Å². The molecule has 0 spiro atoms. The number of nitrogens with zero attached hydrogens (tertiary/aromatic N) is 1. The Morgan fingerprint density at radius 3 is 2.48 bits per heavy atom. The third-order valence-corrected chi connectivity index (χ3v) is 4.89. The number of benzene rings is 2. The predicted octanol–water partition coefficient (Wildman–Crippen LogP) is 4.31. The second-order valence-electron chi connectivity index (χ2n) is 7.19. The molecule has 1 N–H and O–H groups in total. The number of rotatable bonds is 7. The molecule has 0 aliphatic heterocycles. The molecule has 0 saturated carbocycles. The Morgan fingerprint density at radius 1 is 1.07 bits per heavy atom. The molecule has 1 heterocycles. The Labute approximate surface area is 175 Å². The molecule has 0 unspecified atom stereocenters. The lowest BCUT2D eigenvalue weighted by atomic mass is 10.0. The first-order valence-corrected chi connectivity index (χ1v) is 9.86. The van der Waals surface area contributed by atoms with Crippen LogP contribution in [0.5, 0.6) is 0 Å². The van der Waals surface area contributed by atoms with E-state index in [1.807, 2.05) is 74.5 Å². The van der Waals surface area contributed by atoms with Crippen LogP contribution in [0.4, 0.5) is 0 Å². The van der Waals surface area contributed by atoms with Crippen molar-refractivity contribution in [2.75, 3.05) is 0 Å². The number of pyridine rings is 1. The highest BCUT2D eigenvalue weighted by Crippen LogP contribution is 2.21. The molecule has 0 aliphatic carbocycles. The summed E-state index contributed by atoms with van der Waals surface area (Å²) in [6.45, 7) is 3.71. The summed E-state index contributed by atoms with van der Waals surface area (Å²) in [5.74, 6) is -0.838. The van der Waals surface area contributed by atoms with Crippen LogP contribution in [0.1, 0.15) is 25.0 Å². The monoisotopic (exact) mass is 410 g/mol. The third-order valence-electron chi connectivity index (χ3n) is 4.56. The van der Waals surface area contributed by atoms with Gasteiger partial charge in [-0.2, -0.15) is 0 Å². The fraction of sp³-hybridized carbons (Fsp3) is 0.261. The molecular weight excluding hydrogens is 388 g/mol. The Kier molecular flexibility index (Phi) is 6.83. The molecule has 5 nitrogen and oxygen atoms in total. The smallest absolute Gasteiger partial charge is 0.329 e. The maximum Gasteiger partial charge on any atom is 0.329 e. The van der Waals surface area contributed by atoms with E-state index >= 15 is 0 Å². The quantitative estimate of drug-likeness (QED) is 0.465. The first-order valence-electron chi connectivity index (χ1n) is 9.48. The minimum absolute atomic E-state index is 0.00667. The zero-order chi connectivity index (χ0) is 20.8. The average molecular weight is 411 g/mol. The molecule has 3 rings (SSSR count). The fourth-order valence-corrected chi connectivity index (χ4v) is 3.18. The molecule has 0 radical (unpaired) electrons. The number of fused-ring (bicyclic) bond motifs is 1. The number of para-hydroxylation sites is 1. The average Bonchev–Trinajstić information content (AvgIpc) is 2.70. The minimum atomic E-state index is -0.738. The van der Waals surface area contributed by atoms with Crippen LogP contribution < -0.4 is 5.32 Å². The lowest BCUT2D eigenvalue weighted by Crippen LogP contribution is -2.45. The van der Waals surface area contributed by atoms with Gasteiger partial charge in [-0.25, -0.2) is 9.78 Å². The normalized spacial score (nSPS) is 12.0. The summed E-state index contributed by atoms with van der Waals surface area (Å²) in [7, 11) is 0.